The van der Waals surface area contributed by atoms with Gasteiger partial charge >= 0.3 is 6.18 Å². The number of nitrogens with zero attached hydrogens (tertiary/aromatic N) is 2. The predicted octanol–water partition coefficient (Wildman–Crippen LogP) is 3.94. The van der Waals surface area contributed by atoms with Gasteiger partial charge in [-0.1, -0.05) is 6.92 Å². The normalized spacial score (nSPS) is 18.2. The first kappa shape index (κ1) is 13.9. The second-order valence-electron chi connectivity index (χ2n) is 4.70. The SMILES string of the molecule is CC1CCN(c2cc(I)cc(C(F)(F)F)n2)CC1. The Morgan fingerprint density at radius 3 is 2.44 bits per heavy atom. The number of hydrogen-bond donors (Lipinski definition) is 0. The van der Waals surface area contributed by atoms with E-state index in [4.69, 9.17) is 0 Å². The van der Waals surface area contributed by atoms with Crippen LogP contribution in [-0.4, -0.2) is 18.1 Å². The van der Waals surface area contributed by atoms with Crippen LogP contribution in [0, 0.1) is 9.49 Å². The van der Waals surface area contributed by atoms with Crippen molar-refractivity contribution >= 4 is 28.4 Å². The van der Waals surface area contributed by atoms with Gasteiger partial charge in [-0.05, 0) is 53.5 Å². The molecule has 0 radical (unpaired) electrons. The minimum atomic E-state index is -4.38. The molecule has 1 aliphatic heterocycles. The first-order valence-corrected chi connectivity index (χ1v) is 6.94. The Morgan fingerprint density at radius 2 is 1.89 bits per heavy atom. The topological polar surface area (TPSA) is 16.1 Å². The molecule has 0 saturated carbocycles. The van der Waals surface area contributed by atoms with E-state index < -0.39 is 11.9 Å². The van der Waals surface area contributed by atoms with Crippen molar-refractivity contribution in [3.05, 3.63) is 21.4 Å². The van der Waals surface area contributed by atoms with Gasteiger partial charge in [-0.15, -0.1) is 0 Å². The van der Waals surface area contributed by atoms with Gasteiger partial charge in [0.25, 0.3) is 0 Å². The van der Waals surface area contributed by atoms with E-state index in [2.05, 4.69) is 11.9 Å². The van der Waals surface area contributed by atoms with Crippen molar-refractivity contribution in [3.8, 4) is 0 Å². The Balaban J connectivity index is 2.25. The van der Waals surface area contributed by atoms with Crippen LogP contribution in [-0.2, 0) is 6.18 Å². The summed E-state index contributed by atoms with van der Waals surface area (Å²) in [7, 11) is 0. The maximum atomic E-state index is 12.7. The predicted molar refractivity (Wildman–Crippen MR) is 72.6 cm³/mol. The van der Waals surface area contributed by atoms with E-state index in [1.54, 1.807) is 6.07 Å². The van der Waals surface area contributed by atoms with Gasteiger partial charge in [-0.25, -0.2) is 4.98 Å². The molecular formula is C12H14F3IN2. The third kappa shape index (κ3) is 3.27. The Kier molecular flexibility index (Phi) is 4.03. The molecule has 2 nitrogen and oxygen atoms in total. The zero-order valence-electron chi connectivity index (χ0n) is 9.97. The highest BCUT2D eigenvalue weighted by Crippen LogP contribution is 2.31. The van der Waals surface area contributed by atoms with Crippen LogP contribution in [0.1, 0.15) is 25.5 Å². The second-order valence-corrected chi connectivity index (χ2v) is 5.94. The fraction of sp³-hybridized carbons (Fsp3) is 0.583. The molecule has 0 atom stereocenters. The first-order valence-electron chi connectivity index (χ1n) is 5.86. The number of hydrogen-bond acceptors (Lipinski definition) is 2. The lowest BCUT2D eigenvalue weighted by Crippen LogP contribution is -2.33. The van der Waals surface area contributed by atoms with Crippen LogP contribution >= 0.6 is 22.6 Å². The Morgan fingerprint density at radius 1 is 1.28 bits per heavy atom. The summed E-state index contributed by atoms with van der Waals surface area (Å²) in [6, 6.07) is 2.79. The average Bonchev–Trinajstić information content (AvgIpc) is 2.28. The molecule has 0 N–H and O–H groups in total. The number of alkyl halides is 3. The van der Waals surface area contributed by atoms with Crippen LogP contribution in [0.25, 0.3) is 0 Å². The fourth-order valence-electron chi connectivity index (χ4n) is 2.03. The lowest BCUT2D eigenvalue weighted by atomic mass is 9.99. The van der Waals surface area contributed by atoms with Crippen LogP contribution in [0.4, 0.5) is 19.0 Å². The number of piperidine rings is 1. The highest BCUT2D eigenvalue weighted by Gasteiger charge is 2.33. The molecule has 1 aromatic rings. The number of aromatic nitrogens is 1. The first-order chi connectivity index (χ1) is 8.36. The molecule has 0 aromatic carbocycles. The van der Waals surface area contributed by atoms with E-state index in [1.807, 2.05) is 27.5 Å². The van der Waals surface area contributed by atoms with Crippen LogP contribution in [0.3, 0.4) is 0 Å². The van der Waals surface area contributed by atoms with Gasteiger partial charge < -0.3 is 4.90 Å². The number of rotatable bonds is 1. The number of pyridine rings is 1. The van der Waals surface area contributed by atoms with Crippen molar-refractivity contribution in [1.29, 1.82) is 0 Å². The van der Waals surface area contributed by atoms with Crippen molar-refractivity contribution in [3.63, 3.8) is 0 Å². The summed E-state index contributed by atoms with van der Waals surface area (Å²) in [4.78, 5) is 5.69. The largest absolute Gasteiger partial charge is 0.433 e. The summed E-state index contributed by atoms with van der Waals surface area (Å²) < 4.78 is 38.7. The standard InChI is InChI=1S/C12H14F3IN2/c1-8-2-4-18(5-3-8)11-7-9(16)6-10(17-11)12(13,14)15/h6-8H,2-5H2,1H3. The van der Waals surface area contributed by atoms with E-state index in [9.17, 15) is 13.2 Å². The minimum Gasteiger partial charge on any atom is -0.357 e. The molecule has 2 rings (SSSR count). The number of halogens is 4. The molecule has 6 heteroatoms. The molecule has 0 amide bonds. The molecule has 1 fully saturated rings. The van der Waals surface area contributed by atoms with E-state index >= 15 is 0 Å². The molecule has 1 aromatic heterocycles. The number of anilines is 1. The zero-order valence-corrected chi connectivity index (χ0v) is 12.1. The van der Waals surface area contributed by atoms with Gasteiger partial charge in [-0.3, -0.25) is 0 Å². The molecule has 1 aliphatic rings. The highest BCUT2D eigenvalue weighted by molar-refractivity contribution is 14.1. The fourth-order valence-corrected chi connectivity index (χ4v) is 2.60. The molecule has 0 unspecified atom stereocenters. The molecule has 100 valence electrons. The van der Waals surface area contributed by atoms with Crippen molar-refractivity contribution in [2.45, 2.75) is 25.9 Å². The van der Waals surface area contributed by atoms with Gasteiger partial charge in [0.2, 0.25) is 0 Å². The van der Waals surface area contributed by atoms with Crippen molar-refractivity contribution in [2.24, 2.45) is 5.92 Å². The van der Waals surface area contributed by atoms with Gasteiger partial charge in [0, 0.05) is 16.7 Å². The summed E-state index contributed by atoms with van der Waals surface area (Å²) in [5, 5.41) is 0. The van der Waals surface area contributed by atoms with Crippen LogP contribution < -0.4 is 4.90 Å². The smallest absolute Gasteiger partial charge is 0.357 e. The van der Waals surface area contributed by atoms with Crippen molar-refractivity contribution < 1.29 is 13.2 Å². The van der Waals surface area contributed by atoms with Crippen LogP contribution in [0.5, 0.6) is 0 Å². The summed E-state index contributed by atoms with van der Waals surface area (Å²) >= 11 is 1.90. The molecule has 0 spiro atoms. The molecule has 2 heterocycles. The Labute approximate surface area is 118 Å². The average molecular weight is 370 g/mol. The maximum absolute atomic E-state index is 12.7. The van der Waals surface area contributed by atoms with E-state index in [1.165, 1.54) is 0 Å². The molecule has 0 bridgehead atoms. The summed E-state index contributed by atoms with van der Waals surface area (Å²) in [5.41, 5.74) is -0.803. The Hall–Kier alpha value is -0.530. The van der Waals surface area contributed by atoms with Crippen molar-refractivity contribution in [1.82, 2.24) is 4.98 Å². The minimum absolute atomic E-state index is 0.445. The van der Waals surface area contributed by atoms with Crippen LogP contribution in [0.15, 0.2) is 12.1 Å². The molecule has 1 saturated heterocycles. The maximum Gasteiger partial charge on any atom is 0.433 e. The quantitative estimate of drug-likeness (QED) is 0.697. The summed E-state index contributed by atoms with van der Waals surface area (Å²) in [6.07, 6.45) is -2.36. The second kappa shape index (κ2) is 5.22. The van der Waals surface area contributed by atoms with Gasteiger partial charge in [-0.2, -0.15) is 13.2 Å². The van der Waals surface area contributed by atoms with Crippen molar-refractivity contribution in [2.75, 3.05) is 18.0 Å². The zero-order chi connectivity index (χ0) is 13.3. The van der Waals surface area contributed by atoms with Gasteiger partial charge in [0.15, 0.2) is 0 Å². The third-order valence-corrected chi connectivity index (χ3v) is 3.80. The lowest BCUT2D eigenvalue weighted by Gasteiger charge is -2.31. The highest BCUT2D eigenvalue weighted by atomic mass is 127. The van der Waals surface area contributed by atoms with E-state index in [0.29, 0.717) is 15.3 Å². The van der Waals surface area contributed by atoms with Gasteiger partial charge in [0.1, 0.15) is 11.5 Å². The van der Waals surface area contributed by atoms with E-state index in [-0.39, 0.29) is 0 Å². The molecule has 18 heavy (non-hydrogen) atoms. The van der Waals surface area contributed by atoms with E-state index in [0.717, 1.165) is 32.0 Å². The van der Waals surface area contributed by atoms with Crippen LogP contribution in [0.2, 0.25) is 0 Å². The molecule has 0 aliphatic carbocycles. The molecular weight excluding hydrogens is 356 g/mol. The summed E-state index contributed by atoms with van der Waals surface area (Å²) in [6.45, 7) is 3.73. The Bertz CT molecular complexity index is 426. The lowest BCUT2D eigenvalue weighted by molar-refractivity contribution is -0.141. The summed E-state index contributed by atoms with van der Waals surface area (Å²) in [5.74, 6) is 1.09. The third-order valence-electron chi connectivity index (χ3n) is 3.17. The van der Waals surface area contributed by atoms with Gasteiger partial charge in [0.05, 0.1) is 0 Å². The monoisotopic (exact) mass is 370 g/mol.